The van der Waals surface area contributed by atoms with Crippen LogP contribution in [0.15, 0.2) is 53.7 Å². The molecule has 1 aliphatic heterocycles. The highest BCUT2D eigenvalue weighted by atomic mass is 19.4. The van der Waals surface area contributed by atoms with E-state index in [9.17, 15) is 22.8 Å². The maximum absolute atomic E-state index is 13.1. The first-order valence-electron chi connectivity index (χ1n) is 10.6. The Morgan fingerprint density at radius 2 is 1.83 bits per heavy atom. The van der Waals surface area contributed by atoms with Gasteiger partial charge in [0.25, 0.3) is 0 Å². The lowest BCUT2D eigenvalue weighted by molar-refractivity contribution is -0.139. The summed E-state index contributed by atoms with van der Waals surface area (Å²) in [6, 6.07) is 7.68. The summed E-state index contributed by atoms with van der Waals surface area (Å²) < 4.78 is 60.7. The van der Waals surface area contributed by atoms with E-state index >= 15 is 0 Å². The Morgan fingerprint density at radius 3 is 2.46 bits per heavy atom. The molecule has 1 unspecified atom stereocenters. The van der Waals surface area contributed by atoms with Crippen molar-refractivity contribution >= 4 is 12.0 Å². The minimum atomic E-state index is -4.55. The van der Waals surface area contributed by atoms with E-state index < -0.39 is 29.8 Å². The summed E-state index contributed by atoms with van der Waals surface area (Å²) in [6.45, 7) is 1.33. The van der Waals surface area contributed by atoms with Gasteiger partial charge in [-0.05, 0) is 37.3 Å². The van der Waals surface area contributed by atoms with Crippen LogP contribution < -0.4 is 19.5 Å². The fourth-order valence-electron chi connectivity index (χ4n) is 3.59. The number of carbonyl (C=O) groups excluding carboxylic acids is 2. The highest BCUT2D eigenvalue weighted by Crippen LogP contribution is 2.38. The highest BCUT2D eigenvalue weighted by Gasteiger charge is 2.38. The monoisotopic (exact) mass is 494 g/mol. The number of hydrogen-bond donors (Lipinski definition) is 1. The van der Waals surface area contributed by atoms with Crippen LogP contribution >= 0.6 is 0 Å². The van der Waals surface area contributed by atoms with Crippen LogP contribution in [0.2, 0.25) is 0 Å². The van der Waals surface area contributed by atoms with Crippen molar-refractivity contribution in [1.29, 1.82) is 0 Å². The van der Waals surface area contributed by atoms with Crippen LogP contribution in [0.3, 0.4) is 0 Å². The Morgan fingerprint density at radius 1 is 1.09 bits per heavy atom. The summed E-state index contributed by atoms with van der Waals surface area (Å²) in [5.74, 6) is 0.0529. The third kappa shape index (κ3) is 5.61. The zero-order chi connectivity index (χ0) is 25.8. The number of nitrogens with one attached hydrogen (secondary N) is 1. The van der Waals surface area contributed by atoms with Crippen LogP contribution in [0.1, 0.15) is 24.1 Å². The molecule has 0 bridgehead atoms. The van der Waals surface area contributed by atoms with Gasteiger partial charge in [-0.2, -0.15) is 13.2 Å². The number of ether oxygens (including phenoxy) is 4. The highest BCUT2D eigenvalue weighted by molar-refractivity contribution is 5.95. The Balaban J connectivity index is 2.07. The normalized spacial score (nSPS) is 16.0. The summed E-state index contributed by atoms with van der Waals surface area (Å²) in [6.07, 6.45) is -4.55. The molecule has 1 N–H and O–H groups in total. The number of alkyl halides is 3. The predicted molar refractivity (Wildman–Crippen MR) is 119 cm³/mol. The number of hydrogen-bond acceptors (Lipinski definition) is 6. The molecule has 0 spiro atoms. The van der Waals surface area contributed by atoms with Crippen molar-refractivity contribution in [2.45, 2.75) is 19.1 Å². The number of methoxy groups -OCH3 is 2. The van der Waals surface area contributed by atoms with Crippen molar-refractivity contribution in [3.63, 3.8) is 0 Å². The Labute approximate surface area is 200 Å². The van der Waals surface area contributed by atoms with Crippen molar-refractivity contribution in [2.75, 3.05) is 34.5 Å². The Kier molecular flexibility index (Phi) is 7.78. The average molecular weight is 494 g/mol. The molecule has 2 amide bonds. The summed E-state index contributed by atoms with van der Waals surface area (Å²) in [7, 11) is 4.33. The Bertz CT molecular complexity index is 1130. The quantitative estimate of drug-likeness (QED) is 0.551. The maximum Gasteiger partial charge on any atom is 0.416 e. The molecule has 1 aliphatic rings. The van der Waals surface area contributed by atoms with Crippen LogP contribution in [-0.2, 0) is 15.7 Å². The van der Waals surface area contributed by atoms with Gasteiger partial charge in [0.2, 0.25) is 0 Å². The molecule has 1 atom stereocenters. The van der Waals surface area contributed by atoms with Crippen LogP contribution in [0.4, 0.5) is 18.0 Å². The average Bonchev–Trinajstić information content (AvgIpc) is 2.83. The SMILES string of the molecule is CCOC(=O)C1=C(COc2cccc(C(F)(F)F)c2)N(C)C(=O)NC1c1ccc(OC)cc1OC. The fourth-order valence-corrected chi connectivity index (χ4v) is 3.59. The van der Waals surface area contributed by atoms with Gasteiger partial charge in [0.15, 0.2) is 0 Å². The first kappa shape index (κ1) is 25.7. The van der Waals surface area contributed by atoms with E-state index in [1.54, 1.807) is 25.1 Å². The molecule has 2 aromatic rings. The number of urea groups is 1. The lowest BCUT2D eigenvalue weighted by Gasteiger charge is -2.35. The van der Waals surface area contributed by atoms with E-state index in [1.807, 2.05) is 0 Å². The van der Waals surface area contributed by atoms with E-state index in [4.69, 9.17) is 18.9 Å². The van der Waals surface area contributed by atoms with Gasteiger partial charge in [-0.3, -0.25) is 4.90 Å². The number of amides is 2. The van der Waals surface area contributed by atoms with Gasteiger partial charge >= 0.3 is 18.2 Å². The summed E-state index contributed by atoms with van der Waals surface area (Å²) in [4.78, 5) is 27.0. The molecule has 0 fully saturated rings. The van der Waals surface area contributed by atoms with E-state index in [0.29, 0.717) is 17.1 Å². The van der Waals surface area contributed by atoms with Crippen LogP contribution in [0.5, 0.6) is 17.2 Å². The molecule has 1 heterocycles. The number of nitrogens with zero attached hydrogens (tertiary/aromatic N) is 1. The second kappa shape index (κ2) is 10.6. The van der Waals surface area contributed by atoms with Gasteiger partial charge in [-0.1, -0.05) is 6.07 Å². The first-order chi connectivity index (χ1) is 16.6. The molecule has 35 heavy (non-hydrogen) atoms. The molecule has 0 saturated heterocycles. The predicted octanol–water partition coefficient (Wildman–Crippen LogP) is 4.31. The lowest BCUT2D eigenvalue weighted by Crippen LogP contribution is -2.48. The number of esters is 1. The molecule has 11 heteroatoms. The zero-order valence-electron chi connectivity index (χ0n) is 19.6. The van der Waals surface area contributed by atoms with E-state index in [-0.39, 0.29) is 30.2 Å². The molecular formula is C24H25F3N2O6. The van der Waals surface area contributed by atoms with Crippen molar-refractivity contribution in [2.24, 2.45) is 0 Å². The second-order valence-electron chi connectivity index (χ2n) is 7.44. The fraction of sp³-hybridized carbons (Fsp3) is 0.333. The smallest absolute Gasteiger partial charge is 0.416 e. The minimum absolute atomic E-state index is 0.0596. The van der Waals surface area contributed by atoms with Crippen LogP contribution in [-0.4, -0.2) is 51.4 Å². The molecule has 3 rings (SSSR count). The third-order valence-electron chi connectivity index (χ3n) is 5.36. The van der Waals surface area contributed by atoms with Gasteiger partial charge in [-0.25, -0.2) is 9.59 Å². The van der Waals surface area contributed by atoms with Crippen LogP contribution in [0, 0.1) is 0 Å². The largest absolute Gasteiger partial charge is 0.497 e. The second-order valence-corrected chi connectivity index (χ2v) is 7.44. The number of benzene rings is 2. The van der Waals surface area contributed by atoms with Gasteiger partial charge < -0.3 is 24.3 Å². The minimum Gasteiger partial charge on any atom is -0.497 e. The molecular weight excluding hydrogens is 469 g/mol. The number of halogens is 3. The molecule has 8 nitrogen and oxygen atoms in total. The number of likely N-dealkylation sites (N-methyl/N-ethyl adjacent to an activating group) is 1. The standard InChI is InChI=1S/C24H25F3N2O6/c1-5-34-22(30)20-18(13-35-16-8-6-7-14(11-16)24(25,26)27)29(2)23(31)28-21(20)17-10-9-15(32-3)12-19(17)33-4/h6-12,21H,5,13H2,1-4H3,(H,28,31). The summed E-state index contributed by atoms with van der Waals surface area (Å²) in [5, 5.41) is 2.74. The Hall–Kier alpha value is -3.89. The van der Waals surface area contributed by atoms with Gasteiger partial charge in [0.1, 0.15) is 23.9 Å². The molecule has 2 aromatic carbocycles. The van der Waals surface area contributed by atoms with Gasteiger partial charge in [0, 0.05) is 18.7 Å². The maximum atomic E-state index is 13.1. The molecule has 188 valence electrons. The first-order valence-corrected chi connectivity index (χ1v) is 10.6. The van der Waals surface area contributed by atoms with Crippen LogP contribution in [0.25, 0.3) is 0 Å². The van der Waals surface area contributed by atoms with Gasteiger partial charge in [0.05, 0.1) is 43.7 Å². The summed E-state index contributed by atoms with van der Waals surface area (Å²) in [5.41, 5.74) is -0.239. The van der Waals surface area contributed by atoms with Crippen molar-refractivity contribution in [3.05, 3.63) is 64.9 Å². The lowest BCUT2D eigenvalue weighted by atomic mass is 9.94. The topological polar surface area (TPSA) is 86.3 Å². The van der Waals surface area contributed by atoms with E-state index in [0.717, 1.165) is 17.0 Å². The number of rotatable bonds is 8. The van der Waals surface area contributed by atoms with E-state index in [2.05, 4.69) is 5.32 Å². The molecule has 0 saturated carbocycles. The van der Waals surface area contributed by atoms with E-state index in [1.165, 1.54) is 33.4 Å². The third-order valence-corrected chi connectivity index (χ3v) is 5.36. The molecule has 0 aliphatic carbocycles. The number of carbonyl (C=O) groups is 2. The zero-order valence-corrected chi connectivity index (χ0v) is 19.6. The molecule has 0 radical (unpaired) electrons. The van der Waals surface area contributed by atoms with Crippen molar-refractivity contribution in [3.8, 4) is 17.2 Å². The molecule has 0 aromatic heterocycles. The van der Waals surface area contributed by atoms with Crippen molar-refractivity contribution in [1.82, 2.24) is 10.2 Å². The van der Waals surface area contributed by atoms with Crippen molar-refractivity contribution < 1.29 is 41.7 Å². The van der Waals surface area contributed by atoms with Gasteiger partial charge in [-0.15, -0.1) is 0 Å². The summed E-state index contributed by atoms with van der Waals surface area (Å²) >= 11 is 0.